The highest BCUT2D eigenvalue weighted by molar-refractivity contribution is 5.99. The largest absolute Gasteiger partial charge is 0.489 e. The van der Waals surface area contributed by atoms with Crippen LogP contribution in [0.2, 0.25) is 0 Å². The number of anilines is 1. The van der Waals surface area contributed by atoms with Gasteiger partial charge in [-0.15, -0.1) is 0 Å². The fourth-order valence-electron chi connectivity index (χ4n) is 3.98. The molecule has 0 bridgehead atoms. The Morgan fingerprint density at radius 3 is 2.71 bits per heavy atom. The molecule has 3 rings (SSSR count). The summed E-state index contributed by atoms with van der Waals surface area (Å²) < 4.78 is 17.1. The van der Waals surface area contributed by atoms with Crippen molar-refractivity contribution in [2.75, 3.05) is 44.7 Å². The zero-order chi connectivity index (χ0) is 24.7. The number of hydrogen-bond donors (Lipinski definition) is 3. The van der Waals surface area contributed by atoms with Crippen LogP contribution in [0.5, 0.6) is 11.5 Å². The van der Waals surface area contributed by atoms with E-state index in [2.05, 4.69) is 17.6 Å². The molecule has 1 aromatic carbocycles. The number of ether oxygens (including phenoxy) is 3. The zero-order valence-corrected chi connectivity index (χ0v) is 20.8. The van der Waals surface area contributed by atoms with Gasteiger partial charge in [0.1, 0.15) is 5.60 Å². The number of benzene rings is 1. The molecule has 9 heteroatoms. The summed E-state index contributed by atoms with van der Waals surface area (Å²) in [6.45, 7) is 10.3. The molecule has 0 aromatic heterocycles. The minimum absolute atomic E-state index is 0.163. The molecule has 2 aliphatic rings. The molecule has 2 atom stereocenters. The lowest BCUT2D eigenvalue weighted by molar-refractivity contribution is -0.0122. The Morgan fingerprint density at radius 2 is 2.00 bits per heavy atom. The summed E-state index contributed by atoms with van der Waals surface area (Å²) in [6.07, 6.45) is 2.23. The number of aliphatic hydroxyl groups is 1. The molecule has 3 N–H and O–H groups in total. The number of amides is 2. The summed E-state index contributed by atoms with van der Waals surface area (Å²) in [6, 6.07) is 3.67. The van der Waals surface area contributed by atoms with Crippen molar-refractivity contribution < 1.29 is 28.9 Å². The molecule has 2 amide bonds. The van der Waals surface area contributed by atoms with Gasteiger partial charge in [0.25, 0.3) is 5.91 Å². The summed E-state index contributed by atoms with van der Waals surface area (Å²) >= 11 is 0. The van der Waals surface area contributed by atoms with E-state index in [0.717, 1.165) is 31.5 Å². The molecular weight excluding hydrogens is 438 g/mol. The van der Waals surface area contributed by atoms with Gasteiger partial charge >= 0.3 is 6.09 Å². The van der Waals surface area contributed by atoms with Crippen LogP contribution in [0.25, 0.3) is 0 Å². The predicted octanol–water partition coefficient (Wildman–Crippen LogP) is 3.41. The van der Waals surface area contributed by atoms with Crippen LogP contribution < -0.4 is 20.1 Å². The number of unbranched alkanes of at least 4 members (excludes halogenated alkanes) is 1. The van der Waals surface area contributed by atoms with Crippen molar-refractivity contribution in [3.63, 3.8) is 0 Å². The maximum absolute atomic E-state index is 13.1. The first kappa shape index (κ1) is 25.9. The molecule has 1 fully saturated rings. The third-order valence-electron chi connectivity index (χ3n) is 5.85. The molecule has 9 nitrogen and oxygen atoms in total. The summed E-state index contributed by atoms with van der Waals surface area (Å²) in [5.74, 6) is 0.582. The van der Waals surface area contributed by atoms with Crippen molar-refractivity contribution in [3.05, 3.63) is 17.7 Å². The third kappa shape index (κ3) is 7.16. The van der Waals surface area contributed by atoms with Gasteiger partial charge in [-0.3, -0.25) is 4.79 Å². The van der Waals surface area contributed by atoms with Crippen LogP contribution in [0.1, 0.15) is 63.7 Å². The Bertz CT molecular complexity index is 854. The van der Waals surface area contributed by atoms with Crippen LogP contribution in [0.15, 0.2) is 12.1 Å². The Kier molecular flexibility index (Phi) is 8.88. The summed E-state index contributed by atoms with van der Waals surface area (Å²) in [5, 5.41) is 16.9. The van der Waals surface area contributed by atoms with E-state index in [9.17, 15) is 14.7 Å². The molecule has 0 radical (unpaired) electrons. The highest BCUT2D eigenvalue weighted by atomic mass is 16.6. The fourth-order valence-corrected chi connectivity index (χ4v) is 3.98. The Morgan fingerprint density at radius 1 is 1.24 bits per heavy atom. The number of piperidine rings is 1. The van der Waals surface area contributed by atoms with Crippen molar-refractivity contribution in [2.45, 2.75) is 65.1 Å². The molecule has 0 aliphatic carbocycles. The first-order valence-corrected chi connectivity index (χ1v) is 12.3. The maximum Gasteiger partial charge on any atom is 0.410 e. The van der Waals surface area contributed by atoms with Gasteiger partial charge in [0.15, 0.2) is 11.5 Å². The number of hydrogen-bond acceptors (Lipinski definition) is 7. The van der Waals surface area contributed by atoms with E-state index in [1.807, 2.05) is 26.8 Å². The average Bonchev–Trinajstić information content (AvgIpc) is 3.02. The van der Waals surface area contributed by atoms with Gasteiger partial charge in [0, 0.05) is 43.7 Å². The maximum atomic E-state index is 13.1. The number of carbonyl (C=O) groups excluding carboxylic acids is 2. The van der Waals surface area contributed by atoms with Gasteiger partial charge in [-0.2, -0.15) is 0 Å². The molecule has 0 spiro atoms. The number of nitrogens with one attached hydrogen (secondary N) is 2. The summed E-state index contributed by atoms with van der Waals surface area (Å²) in [4.78, 5) is 27.0. The van der Waals surface area contributed by atoms with E-state index >= 15 is 0 Å². The molecule has 1 aromatic rings. The molecule has 2 aliphatic heterocycles. The molecule has 0 saturated carbocycles. The normalized spacial score (nSPS) is 20.3. The second-order valence-electron chi connectivity index (χ2n) is 9.93. The molecule has 34 heavy (non-hydrogen) atoms. The van der Waals surface area contributed by atoms with Gasteiger partial charge in [-0.05, 0) is 39.7 Å². The van der Waals surface area contributed by atoms with Gasteiger partial charge in [-0.1, -0.05) is 13.3 Å². The second-order valence-corrected chi connectivity index (χ2v) is 9.93. The van der Waals surface area contributed by atoms with Crippen LogP contribution in [-0.4, -0.2) is 73.1 Å². The fraction of sp³-hybridized carbons (Fsp3) is 0.680. The van der Waals surface area contributed by atoms with E-state index < -0.39 is 17.8 Å². The first-order valence-electron chi connectivity index (χ1n) is 12.3. The number of β-amino-alcohol motifs (C(OH)–C–C–N with tert-alkyl or cyclic N) is 1. The van der Waals surface area contributed by atoms with Crippen LogP contribution in [0.3, 0.4) is 0 Å². The van der Waals surface area contributed by atoms with Crippen LogP contribution in [0.4, 0.5) is 10.5 Å². The topological polar surface area (TPSA) is 109 Å². The third-order valence-corrected chi connectivity index (χ3v) is 5.85. The smallest absolute Gasteiger partial charge is 0.410 e. The molecular formula is C25H39N3O6. The zero-order valence-electron chi connectivity index (χ0n) is 20.8. The lowest BCUT2D eigenvalue weighted by atomic mass is 9.94. The van der Waals surface area contributed by atoms with Crippen molar-refractivity contribution in [3.8, 4) is 11.5 Å². The van der Waals surface area contributed by atoms with Crippen LogP contribution in [-0.2, 0) is 4.74 Å². The Labute approximate surface area is 202 Å². The quantitative estimate of drug-likeness (QED) is 0.516. The van der Waals surface area contributed by atoms with Crippen molar-refractivity contribution in [1.29, 1.82) is 0 Å². The van der Waals surface area contributed by atoms with E-state index in [4.69, 9.17) is 14.2 Å². The number of rotatable bonds is 7. The second kappa shape index (κ2) is 11.6. The van der Waals surface area contributed by atoms with Gasteiger partial charge in [-0.25, -0.2) is 4.79 Å². The van der Waals surface area contributed by atoms with E-state index in [1.54, 1.807) is 6.07 Å². The van der Waals surface area contributed by atoms with Gasteiger partial charge < -0.3 is 34.9 Å². The first-order chi connectivity index (χ1) is 16.2. The SMILES string of the molecule is CCCCNc1cc2c(c(C(=O)NCC3CCN(C(=O)OC(C)(C)C)CC3O)c1)OCCCO2. The number of fused-ring (bicyclic) bond motifs is 1. The van der Waals surface area contributed by atoms with Crippen molar-refractivity contribution in [2.24, 2.45) is 5.92 Å². The highest BCUT2D eigenvalue weighted by Gasteiger charge is 2.33. The Balaban J connectivity index is 1.63. The molecule has 2 heterocycles. The molecule has 2 unspecified atom stereocenters. The minimum Gasteiger partial charge on any atom is -0.489 e. The lowest BCUT2D eigenvalue weighted by Crippen LogP contribution is -2.50. The number of likely N-dealkylation sites (tertiary alicyclic amines) is 1. The molecule has 1 saturated heterocycles. The van der Waals surface area contributed by atoms with Crippen molar-refractivity contribution >= 4 is 17.7 Å². The summed E-state index contributed by atoms with van der Waals surface area (Å²) in [7, 11) is 0. The number of aliphatic hydroxyl groups excluding tert-OH is 1. The number of nitrogens with zero attached hydrogens (tertiary/aromatic N) is 1. The van der Waals surface area contributed by atoms with E-state index in [0.29, 0.717) is 49.8 Å². The average molecular weight is 478 g/mol. The standard InChI is InChI=1S/C25H39N3O6/c1-5-6-9-26-18-13-19(22-21(14-18)32-11-7-12-33-22)23(30)27-15-17-8-10-28(16-20(17)29)24(31)34-25(2,3)4/h13-14,17,20,26,29H,5-12,15-16H2,1-4H3,(H,27,30). The van der Waals surface area contributed by atoms with Gasteiger partial charge in [0.2, 0.25) is 0 Å². The molecule has 190 valence electrons. The Hall–Kier alpha value is -2.68. The lowest BCUT2D eigenvalue weighted by Gasteiger charge is -2.36. The minimum atomic E-state index is -0.750. The highest BCUT2D eigenvalue weighted by Crippen LogP contribution is 2.37. The number of carbonyl (C=O) groups is 2. The van der Waals surface area contributed by atoms with Gasteiger partial charge in [0.05, 0.1) is 31.4 Å². The predicted molar refractivity (Wildman–Crippen MR) is 130 cm³/mol. The van der Waals surface area contributed by atoms with Crippen LogP contribution >= 0.6 is 0 Å². The van der Waals surface area contributed by atoms with E-state index in [-0.39, 0.29) is 18.4 Å². The van der Waals surface area contributed by atoms with E-state index in [1.165, 1.54) is 4.90 Å². The van der Waals surface area contributed by atoms with Crippen molar-refractivity contribution in [1.82, 2.24) is 10.2 Å². The summed E-state index contributed by atoms with van der Waals surface area (Å²) in [5.41, 5.74) is 0.643. The van der Waals surface area contributed by atoms with Crippen LogP contribution in [0, 0.1) is 5.92 Å². The monoisotopic (exact) mass is 477 g/mol.